The summed E-state index contributed by atoms with van der Waals surface area (Å²) in [4.78, 5) is 25.9. The van der Waals surface area contributed by atoms with E-state index in [1.54, 1.807) is 12.3 Å². The molecule has 0 radical (unpaired) electrons. The molecule has 0 saturated carbocycles. The Hall–Kier alpha value is -4.07. The van der Waals surface area contributed by atoms with Crippen molar-refractivity contribution in [2.24, 2.45) is 0 Å². The highest BCUT2D eigenvalue weighted by molar-refractivity contribution is 6.01. The smallest absolute Gasteiger partial charge is 0.296 e. The van der Waals surface area contributed by atoms with E-state index in [9.17, 15) is 4.79 Å². The third-order valence-corrected chi connectivity index (χ3v) is 4.90. The Morgan fingerprint density at radius 2 is 1.88 bits per heavy atom. The van der Waals surface area contributed by atoms with Crippen LogP contribution in [0.2, 0.25) is 0 Å². The number of carbonyl (C=O) groups is 1. The average Bonchev–Trinajstić information content (AvgIpc) is 3.26. The zero-order valence-electron chi connectivity index (χ0n) is 18.2. The first kappa shape index (κ1) is 21.2. The van der Waals surface area contributed by atoms with Crippen molar-refractivity contribution < 1.29 is 9.53 Å². The highest BCUT2D eigenvalue weighted by Crippen LogP contribution is 2.27. The molecule has 8 nitrogen and oxygen atoms in total. The van der Waals surface area contributed by atoms with Gasteiger partial charge in [0, 0.05) is 23.7 Å². The molecule has 4 aromatic rings. The predicted octanol–water partition coefficient (Wildman–Crippen LogP) is 4.12. The first-order chi connectivity index (χ1) is 15.5. The molecule has 3 heterocycles. The number of hydrogen-bond donors (Lipinski definition) is 2. The van der Waals surface area contributed by atoms with E-state index in [1.807, 2.05) is 63.2 Å². The highest BCUT2D eigenvalue weighted by atomic mass is 16.5. The van der Waals surface area contributed by atoms with Crippen LogP contribution >= 0.6 is 0 Å². The van der Waals surface area contributed by atoms with E-state index < -0.39 is 5.91 Å². The van der Waals surface area contributed by atoms with Crippen LogP contribution in [0.5, 0.6) is 5.88 Å². The number of hydrogen-bond acceptors (Lipinski definition) is 6. The van der Waals surface area contributed by atoms with E-state index in [0.717, 1.165) is 27.9 Å². The van der Waals surface area contributed by atoms with E-state index in [2.05, 4.69) is 30.5 Å². The van der Waals surface area contributed by atoms with Gasteiger partial charge in [-0.1, -0.05) is 36.4 Å². The average molecular weight is 428 g/mol. The number of rotatable bonds is 7. The number of ether oxygens (including phenoxy) is 1. The molecule has 1 amide bonds. The molecular formula is C24H24N6O2. The van der Waals surface area contributed by atoms with Crippen LogP contribution in [0.25, 0.3) is 11.3 Å². The monoisotopic (exact) mass is 428 g/mol. The van der Waals surface area contributed by atoms with Crippen LogP contribution in [0.15, 0.2) is 54.7 Å². The largest absolute Gasteiger partial charge is 0.478 e. The summed E-state index contributed by atoms with van der Waals surface area (Å²) < 4.78 is 5.62. The van der Waals surface area contributed by atoms with Crippen LogP contribution in [0.3, 0.4) is 0 Å². The summed E-state index contributed by atoms with van der Waals surface area (Å²) in [7, 11) is 0. The molecule has 4 rings (SSSR count). The van der Waals surface area contributed by atoms with Crippen molar-refractivity contribution in [2.45, 2.75) is 27.2 Å². The Balaban J connectivity index is 1.52. The summed E-state index contributed by atoms with van der Waals surface area (Å²) in [5.74, 6) is 1.23. The van der Waals surface area contributed by atoms with Gasteiger partial charge >= 0.3 is 0 Å². The standard InChI is InChI=1S/C24H24N6O2/c1-4-32-24-15(2)10-11-19(26-24)18-13-20(25-14-16(18)3)28-23(31)22-27-21(29-30-22)12-17-8-6-5-7-9-17/h5-11,13-14H,4,12H2,1-3H3,(H,25,28,31)(H,27,29,30). The number of amides is 1. The SMILES string of the molecule is CCOc1nc(-c2cc(NC(=O)c3n[nH]c(Cc4ccccc4)n3)ncc2C)ccc1C. The van der Waals surface area contributed by atoms with Gasteiger partial charge in [-0.15, -0.1) is 5.10 Å². The number of benzene rings is 1. The van der Waals surface area contributed by atoms with Crippen molar-refractivity contribution in [2.75, 3.05) is 11.9 Å². The number of pyridine rings is 2. The second-order valence-corrected chi connectivity index (χ2v) is 7.36. The molecule has 32 heavy (non-hydrogen) atoms. The van der Waals surface area contributed by atoms with Crippen molar-refractivity contribution in [1.29, 1.82) is 0 Å². The molecule has 1 aromatic carbocycles. The van der Waals surface area contributed by atoms with Crippen molar-refractivity contribution >= 4 is 11.7 Å². The summed E-state index contributed by atoms with van der Waals surface area (Å²) in [5.41, 5.74) is 4.59. The molecule has 8 heteroatoms. The predicted molar refractivity (Wildman–Crippen MR) is 122 cm³/mol. The van der Waals surface area contributed by atoms with Gasteiger partial charge in [-0.2, -0.15) is 0 Å². The van der Waals surface area contributed by atoms with Crippen molar-refractivity contribution in [3.05, 3.63) is 83.1 Å². The molecule has 0 aliphatic rings. The van der Waals surface area contributed by atoms with Gasteiger partial charge in [0.15, 0.2) is 0 Å². The Morgan fingerprint density at radius 3 is 2.66 bits per heavy atom. The quantitative estimate of drug-likeness (QED) is 0.459. The summed E-state index contributed by atoms with van der Waals surface area (Å²) >= 11 is 0. The molecule has 0 unspecified atom stereocenters. The van der Waals surface area contributed by atoms with Crippen LogP contribution in [-0.2, 0) is 6.42 Å². The summed E-state index contributed by atoms with van der Waals surface area (Å²) in [6.07, 6.45) is 2.26. The Morgan fingerprint density at radius 1 is 1.06 bits per heavy atom. The molecule has 0 atom stereocenters. The number of aromatic nitrogens is 5. The fourth-order valence-corrected chi connectivity index (χ4v) is 3.25. The van der Waals surface area contributed by atoms with E-state index >= 15 is 0 Å². The second kappa shape index (κ2) is 9.38. The van der Waals surface area contributed by atoms with Gasteiger partial charge < -0.3 is 10.1 Å². The number of aryl methyl sites for hydroxylation is 2. The van der Waals surface area contributed by atoms with Gasteiger partial charge in [-0.05, 0) is 44.0 Å². The molecule has 0 bridgehead atoms. The van der Waals surface area contributed by atoms with Crippen molar-refractivity contribution in [3.63, 3.8) is 0 Å². The molecular weight excluding hydrogens is 404 g/mol. The number of H-pyrrole nitrogens is 1. The fourth-order valence-electron chi connectivity index (χ4n) is 3.25. The van der Waals surface area contributed by atoms with Crippen LogP contribution < -0.4 is 10.1 Å². The first-order valence-corrected chi connectivity index (χ1v) is 10.4. The molecule has 2 N–H and O–H groups in total. The second-order valence-electron chi connectivity index (χ2n) is 7.36. The maximum atomic E-state index is 12.7. The fraction of sp³-hybridized carbons (Fsp3) is 0.208. The summed E-state index contributed by atoms with van der Waals surface area (Å²) in [6, 6.07) is 15.5. The first-order valence-electron chi connectivity index (χ1n) is 10.4. The van der Waals surface area contributed by atoms with Gasteiger partial charge in [-0.3, -0.25) is 9.89 Å². The van der Waals surface area contributed by atoms with E-state index in [4.69, 9.17) is 4.74 Å². The molecule has 3 aromatic heterocycles. The number of nitrogens with zero attached hydrogens (tertiary/aromatic N) is 4. The van der Waals surface area contributed by atoms with Crippen molar-refractivity contribution in [3.8, 4) is 17.1 Å². The highest BCUT2D eigenvalue weighted by Gasteiger charge is 2.15. The Bertz CT molecular complexity index is 1240. The third kappa shape index (κ3) is 4.80. The molecule has 0 spiro atoms. The number of aromatic amines is 1. The molecule has 0 fully saturated rings. The third-order valence-electron chi connectivity index (χ3n) is 4.90. The van der Waals surface area contributed by atoms with Crippen LogP contribution in [0.4, 0.5) is 5.82 Å². The maximum Gasteiger partial charge on any atom is 0.296 e. The lowest BCUT2D eigenvalue weighted by Gasteiger charge is -2.11. The van der Waals surface area contributed by atoms with Gasteiger partial charge in [0.25, 0.3) is 5.91 Å². The summed E-state index contributed by atoms with van der Waals surface area (Å²) in [5, 5.41) is 9.64. The number of anilines is 1. The van der Waals surface area contributed by atoms with E-state index in [0.29, 0.717) is 30.5 Å². The van der Waals surface area contributed by atoms with Crippen LogP contribution in [0, 0.1) is 13.8 Å². The van der Waals surface area contributed by atoms with Gasteiger partial charge in [-0.25, -0.2) is 15.0 Å². The van der Waals surface area contributed by atoms with Crippen LogP contribution in [-0.4, -0.2) is 37.7 Å². The maximum absolute atomic E-state index is 12.7. The minimum atomic E-state index is -0.435. The zero-order valence-corrected chi connectivity index (χ0v) is 18.2. The number of nitrogens with one attached hydrogen (secondary N) is 2. The van der Waals surface area contributed by atoms with Gasteiger partial charge in [0.2, 0.25) is 11.7 Å². The lowest BCUT2D eigenvalue weighted by Crippen LogP contribution is -2.15. The normalized spacial score (nSPS) is 10.7. The zero-order chi connectivity index (χ0) is 22.5. The summed E-state index contributed by atoms with van der Waals surface area (Å²) in [6.45, 7) is 6.36. The van der Waals surface area contributed by atoms with Crippen molar-refractivity contribution in [1.82, 2.24) is 25.1 Å². The van der Waals surface area contributed by atoms with Gasteiger partial charge in [0.05, 0.1) is 12.3 Å². The molecule has 162 valence electrons. The van der Waals surface area contributed by atoms with Gasteiger partial charge in [0.1, 0.15) is 11.6 Å². The van der Waals surface area contributed by atoms with E-state index in [1.165, 1.54) is 0 Å². The molecule has 0 aliphatic heterocycles. The Kier molecular flexibility index (Phi) is 6.21. The molecule has 0 aliphatic carbocycles. The minimum Gasteiger partial charge on any atom is -0.478 e. The van der Waals surface area contributed by atoms with E-state index in [-0.39, 0.29) is 5.82 Å². The lowest BCUT2D eigenvalue weighted by molar-refractivity contribution is 0.101. The number of carbonyl (C=O) groups excluding carboxylic acids is 1. The lowest BCUT2D eigenvalue weighted by atomic mass is 10.1. The topological polar surface area (TPSA) is 106 Å². The minimum absolute atomic E-state index is 0.0620. The molecule has 0 saturated heterocycles. The Labute approximate surface area is 186 Å². The van der Waals surface area contributed by atoms with Crippen LogP contribution in [0.1, 0.15) is 40.1 Å².